The third-order valence-corrected chi connectivity index (χ3v) is 5.60. The molecule has 0 bridgehead atoms. The molecule has 2 aromatic heterocycles. The molecular weight excluding hydrogens is 362 g/mol. The van der Waals surface area contributed by atoms with Crippen LogP contribution in [0.5, 0.6) is 0 Å². The maximum Gasteiger partial charge on any atom is 0.272 e. The van der Waals surface area contributed by atoms with Gasteiger partial charge in [0.05, 0.1) is 17.1 Å². The predicted octanol–water partition coefficient (Wildman–Crippen LogP) is 1.55. The lowest BCUT2D eigenvalue weighted by Gasteiger charge is -2.11. The predicted molar refractivity (Wildman–Crippen MR) is 94.8 cm³/mol. The molecule has 1 aliphatic carbocycles. The third-order valence-electron chi connectivity index (χ3n) is 4.31. The van der Waals surface area contributed by atoms with Crippen LogP contribution in [0.2, 0.25) is 5.02 Å². The number of aromatic amines is 1. The first kappa shape index (κ1) is 16.4. The van der Waals surface area contributed by atoms with Crippen LogP contribution >= 0.6 is 23.4 Å². The van der Waals surface area contributed by atoms with Crippen molar-refractivity contribution < 1.29 is 9.59 Å². The molecule has 1 aliphatic heterocycles. The van der Waals surface area contributed by atoms with Crippen LogP contribution in [-0.2, 0) is 12.2 Å². The largest absolute Gasteiger partial charge is 0.346 e. The molecule has 3 N–H and O–H groups in total. The van der Waals surface area contributed by atoms with E-state index in [9.17, 15) is 9.59 Å². The van der Waals surface area contributed by atoms with Crippen LogP contribution in [0.4, 0.5) is 0 Å². The highest BCUT2D eigenvalue weighted by atomic mass is 35.5. The highest BCUT2D eigenvalue weighted by molar-refractivity contribution is 7.98. The van der Waals surface area contributed by atoms with Crippen molar-refractivity contribution in [3.05, 3.63) is 46.0 Å². The van der Waals surface area contributed by atoms with E-state index in [-0.39, 0.29) is 29.6 Å². The molecule has 2 aliphatic rings. The lowest BCUT2D eigenvalue weighted by molar-refractivity contribution is 0.0921. The minimum absolute atomic E-state index is 0.0949. The van der Waals surface area contributed by atoms with Gasteiger partial charge < -0.3 is 10.6 Å². The molecular formula is C16H16ClN5O2S. The molecule has 0 unspecified atom stereocenters. The van der Waals surface area contributed by atoms with E-state index in [1.807, 2.05) is 0 Å². The van der Waals surface area contributed by atoms with Gasteiger partial charge >= 0.3 is 0 Å². The molecule has 1 fully saturated rings. The van der Waals surface area contributed by atoms with Crippen LogP contribution in [0.15, 0.2) is 18.3 Å². The number of aryl methyl sites for hydroxylation is 1. The molecule has 0 radical (unpaired) electrons. The summed E-state index contributed by atoms with van der Waals surface area (Å²) >= 11 is 7.77. The van der Waals surface area contributed by atoms with Crippen LogP contribution in [0.25, 0.3) is 0 Å². The summed E-state index contributed by atoms with van der Waals surface area (Å²) in [6.45, 7) is 0. The molecule has 130 valence electrons. The zero-order valence-electron chi connectivity index (χ0n) is 13.2. The molecule has 7 nitrogen and oxygen atoms in total. The molecule has 25 heavy (non-hydrogen) atoms. The van der Waals surface area contributed by atoms with E-state index in [0.717, 1.165) is 29.2 Å². The average molecular weight is 378 g/mol. The van der Waals surface area contributed by atoms with E-state index < -0.39 is 0 Å². The van der Waals surface area contributed by atoms with E-state index in [4.69, 9.17) is 11.6 Å². The molecule has 2 amide bonds. The smallest absolute Gasteiger partial charge is 0.272 e. The number of amides is 2. The Labute approximate surface area is 153 Å². The van der Waals surface area contributed by atoms with Gasteiger partial charge in [-0.25, -0.2) is 4.98 Å². The molecule has 2 atom stereocenters. The number of carbonyl (C=O) groups is 2. The Hall–Kier alpha value is -2.06. The van der Waals surface area contributed by atoms with Gasteiger partial charge in [-0.15, -0.1) is 0 Å². The fourth-order valence-corrected chi connectivity index (χ4v) is 4.06. The normalized spacial score (nSPS) is 21.3. The lowest BCUT2D eigenvalue weighted by Crippen LogP contribution is -2.35. The molecule has 2 aromatic rings. The van der Waals surface area contributed by atoms with Crippen molar-refractivity contribution >= 4 is 35.2 Å². The summed E-state index contributed by atoms with van der Waals surface area (Å²) in [5.41, 5.74) is 2.70. The van der Waals surface area contributed by atoms with Gasteiger partial charge in [-0.3, -0.25) is 14.7 Å². The van der Waals surface area contributed by atoms with Gasteiger partial charge in [-0.05, 0) is 30.7 Å². The molecule has 3 heterocycles. The number of nitrogens with zero attached hydrogens (tertiary/aromatic N) is 2. The number of aromatic nitrogens is 3. The van der Waals surface area contributed by atoms with Gasteiger partial charge in [0.1, 0.15) is 5.69 Å². The zero-order valence-corrected chi connectivity index (χ0v) is 14.8. The standard InChI is InChI=1S/C16H16ClN5O2S/c17-9-2-1-4-18-14(9)16(24)20-12-6-11(12)19-15(23)13-8-7-25-5-3-10(8)21-22-13/h1-2,4,11-12H,3,5-7H2,(H,19,23)(H,20,24)(H,21,22)/t11-,12-/m1/s1. The summed E-state index contributed by atoms with van der Waals surface area (Å²) in [5, 5.41) is 13.2. The molecule has 9 heteroatoms. The Balaban J connectivity index is 1.35. The summed E-state index contributed by atoms with van der Waals surface area (Å²) in [6.07, 6.45) is 3.11. The Morgan fingerprint density at radius 1 is 1.24 bits per heavy atom. The van der Waals surface area contributed by atoms with Crippen LogP contribution in [0.1, 0.15) is 38.7 Å². The minimum Gasteiger partial charge on any atom is -0.346 e. The quantitative estimate of drug-likeness (QED) is 0.750. The first-order chi connectivity index (χ1) is 12.1. The molecule has 0 aromatic carbocycles. The monoisotopic (exact) mass is 377 g/mol. The summed E-state index contributed by atoms with van der Waals surface area (Å²) in [7, 11) is 0. The van der Waals surface area contributed by atoms with Crippen LogP contribution in [-0.4, -0.2) is 44.8 Å². The summed E-state index contributed by atoms with van der Waals surface area (Å²) < 4.78 is 0. The number of rotatable bonds is 4. The molecule has 4 rings (SSSR count). The second-order valence-corrected chi connectivity index (χ2v) is 7.57. The number of hydrogen-bond acceptors (Lipinski definition) is 5. The van der Waals surface area contributed by atoms with Crippen molar-refractivity contribution in [3.8, 4) is 0 Å². The van der Waals surface area contributed by atoms with Gasteiger partial charge in [0.15, 0.2) is 5.69 Å². The Morgan fingerprint density at radius 3 is 2.76 bits per heavy atom. The fraction of sp³-hybridized carbons (Fsp3) is 0.375. The van der Waals surface area contributed by atoms with Crippen molar-refractivity contribution in [1.82, 2.24) is 25.8 Å². The maximum atomic E-state index is 12.4. The SMILES string of the molecule is O=C(N[C@@H]1C[C@H]1NC(=O)c1n[nH]c2c1CSCC2)c1ncccc1Cl. The number of halogens is 1. The van der Waals surface area contributed by atoms with E-state index in [2.05, 4.69) is 25.8 Å². The summed E-state index contributed by atoms with van der Waals surface area (Å²) in [4.78, 5) is 28.6. The number of fused-ring (bicyclic) bond motifs is 1. The minimum atomic E-state index is -0.333. The van der Waals surface area contributed by atoms with Gasteiger partial charge in [0.2, 0.25) is 0 Å². The first-order valence-corrected chi connectivity index (χ1v) is 9.53. The van der Waals surface area contributed by atoms with Gasteiger partial charge in [-0.2, -0.15) is 16.9 Å². The lowest BCUT2D eigenvalue weighted by atomic mass is 10.1. The number of pyridine rings is 1. The zero-order chi connectivity index (χ0) is 17.4. The third kappa shape index (κ3) is 3.36. The van der Waals surface area contributed by atoms with Crippen molar-refractivity contribution in [2.75, 3.05) is 5.75 Å². The summed E-state index contributed by atoms with van der Waals surface area (Å²) in [6, 6.07) is 3.08. The fourth-order valence-electron chi connectivity index (χ4n) is 2.84. The van der Waals surface area contributed by atoms with Crippen LogP contribution in [0.3, 0.4) is 0 Å². The Bertz CT molecular complexity index is 840. The van der Waals surface area contributed by atoms with Crippen molar-refractivity contribution in [2.24, 2.45) is 0 Å². The molecule has 0 saturated heterocycles. The second kappa shape index (κ2) is 6.68. The number of carbonyl (C=O) groups excluding carboxylic acids is 2. The van der Waals surface area contributed by atoms with Crippen molar-refractivity contribution in [1.29, 1.82) is 0 Å². The highest BCUT2D eigenvalue weighted by Gasteiger charge is 2.41. The number of nitrogens with one attached hydrogen (secondary N) is 3. The Morgan fingerprint density at radius 2 is 2.00 bits per heavy atom. The van der Waals surface area contributed by atoms with Gasteiger partial charge in [0, 0.05) is 23.2 Å². The van der Waals surface area contributed by atoms with Crippen molar-refractivity contribution in [3.63, 3.8) is 0 Å². The Kier molecular flexibility index (Phi) is 4.39. The van der Waals surface area contributed by atoms with E-state index >= 15 is 0 Å². The van der Waals surface area contributed by atoms with E-state index in [1.54, 1.807) is 23.9 Å². The number of hydrogen-bond donors (Lipinski definition) is 3. The number of H-pyrrole nitrogens is 1. The van der Waals surface area contributed by atoms with Crippen LogP contribution < -0.4 is 10.6 Å². The van der Waals surface area contributed by atoms with Gasteiger partial charge in [-0.1, -0.05) is 11.6 Å². The molecule has 1 saturated carbocycles. The van der Waals surface area contributed by atoms with E-state index in [1.165, 1.54) is 6.20 Å². The van der Waals surface area contributed by atoms with E-state index in [0.29, 0.717) is 17.1 Å². The molecule has 0 spiro atoms. The van der Waals surface area contributed by atoms with Crippen molar-refractivity contribution in [2.45, 2.75) is 30.7 Å². The van der Waals surface area contributed by atoms with Crippen LogP contribution in [0, 0.1) is 0 Å². The van der Waals surface area contributed by atoms with Gasteiger partial charge in [0.25, 0.3) is 11.8 Å². The average Bonchev–Trinajstić information content (AvgIpc) is 3.18. The maximum absolute atomic E-state index is 12.4. The topological polar surface area (TPSA) is 99.8 Å². The second-order valence-electron chi connectivity index (χ2n) is 6.06. The highest BCUT2D eigenvalue weighted by Crippen LogP contribution is 2.27. The number of thioether (sulfide) groups is 1. The summed E-state index contributed by atoms with van der Waals surface area (Å²) in [5.74, 6) is 1.32. The first-order valence-electron chi connectivity index (χ1n) is 7.99.